The predicted octanol–water partition coefficient (Wildman–Crippen LogP) is 7.27. The number of halogens is 6. The molecule has 41 heavy (non-hydrogen) atoms. The van der Waals surface area contributed by atoms with Crippen LogP contribution in [0.5, 0.6) is 5.75 Å². The first-order valence-corrected chi connectivity index (χ1v) is 13.0. The number of carbonyl (C=O) groups is 1. The van der Waals surface area contributed by atoms with Crippen LogP contribution in [0.3, 0.4) is 0 Å². The molecule has 0 bridgehead atoms. The number of aromatic nitrogens is 1. The van der Waals surface area contributed by atoms with Crippen LogP contribution in [-0.4, -0.2) is 40.6 Å². The molecule has 1 unspecified atom stereocenters. The van der Waals surface area contributed by atoms with Gasteiger partial charge in [-0.25, -0.2) is 4.79 Å². The molecule has 1 atom stereocenters. The van der Waals surface area contributed by atoms with Crippen molar-refractivity contribution < 1.29 is 35.9 Å². The van der Waals surface area contributed by atoms with Gasteiger partial charge in [0.1, 0.15) is 5.75 Å². The van der Waals surface area contributed by atoms with Crippen molar-refractivity contribution in [1.82, 2.24) is 14.4 Å². The fourth-order valence-corrected chi connectivity index (χ4v) is 5.91. The van der Waals surface area contributed by atoms with Gasteiger partial charge in [0, 0.05) is 43.3 Å². The van der Waals surface area contributed by atoms with Crippen molar-refractivity contribution >= 4 is 16.9 Å². The quantitative estimate of drug-likeness (QED) is 0.236. The molecule has 0 N–H and O–H groups in total. The number of hydrogen-bond acceptors (Lipinski definition) is 2. The third-order valence-corrected chi connectivity index (χ3v) is 7.90. The molecule has 4 aromatic rings. The summed E-state index contributed by atoms with van der Waals surface area (Å²) in [4.78, 5) is 16.8. The van der Waals surface area contributed by atoms with Crippen molar-refractivity contribution in [2.45, 2.75) is 37.9 Å². The Bertz CT molecular complexity index is 1610. The van der Waals surface area contributed by atoms with Crippen molar-refractivity contribution in [2.75, 3.05) is 20.2 Å². The van der Waals surface area contributed by atoms with Gasteiger partial charge in [0.25, 0.3) is 0 Å². The maximum atomic E-state index is 13.4. The van der Waals surface area contributed by atoms with Gasteiger partial charge >= 0.3 is 18.4 Å². The van der Waals surface area contributed by atoms with Gasteiger partial charge in [-0.1, -0.05) is 24.3 Å². The van der Waals surface area contributed by atoms with Gasteiger partial charge in [0.05, 0.1) is 29.8 Å². The number of amides is 2. The van der Waals surface area contributed by atoms with Gasteiger partial charge in [0.15, 0.2) is 0 Å². The molecule has 1 fully saturated rings. The number of ether oxygens (including phenoxy) is 1. The normalized spacial score (nSPS) is 17.2. The molecular weight excluding hydrogens is 548 g/mol. The van der Waals surface area contributed by atoms with Gasteiger partial charge in [-0.3, -0.25) is 0 Å². The Morgan fingerprint density at radius 2 is 1.41 bits per heavy atom. The van der Waals surface area contributed by atoms with E-state index < -0.39 is 23.5 Å². The van der Waals surface area contributed by atoms with E-state index >= 15 is 0 Å². The van der Waals surface area contributed by atoms with E-state index in [1.165, 1.54) is 24.3 Å². The van der Waals surface area contributed by atoms with Crippen LogP contribution in [0.15, 0.2) is 66.7 Å². The maximum absolute atomic E-state index is 13.4. The SMILES string of the molecule is COc1ccc2c3c(n(Cc4ccc(C(F)(F)F)cc4)c2c1)C1CN(Cc2ccc(C(F)(F)F)cc2)C(=O)N1CC3. The van der Waals surface area contributed by atoms with Crippen LogP contribution in [0, 0.1) is 0 Å². The van der Waals surface area contributed by atoms with E-state index in [2.05, 4.69) is 0 Å². The van der Waals surface area contributed by atoms with Gasteiger partial charge < -0.3 is 19.1 Å². The molecule has 5 nitrogen and oxygen atoms in total. The lowest BCUT2D eigenvalue weighted by Gasteiger charge is -2.30. The third-order valence-electron chi connectivity index (χ3n) is 7.90. The Morgan fingerprint density at radius 3 is 1.98 bits per heavy atom. The van der Waals surface area contributed by atoms with E-state index in [-0.39, 0.29) is 25.2 Å². The van der Waals surface area contributed by atoms with Crippen LogP contribution in [0.2, 0.25) is 0 Å². The molecule has 11 heteroatoms. The minimum absolute atomic E-state index is 0.159. The summed E-state index contributed by atoms with van der Waals surface area (Å²) >= 11 is 0. The molecular formula is C30H25F6N3O2. The van der Waals surface area contributed by atoms with Gasteiger partial charge in [-0.2, -0.15) is 26.3 Å². The second-order valence-corrected chi connectivity index (χ2v) is 10.3. The van der Waals surface area contributed by atoms with Crippen molar-refractivity contribution in [3.8, 4) is 5.75 Å². The van der Waals surface area contributed by atoms with Gasteiger partial charge in [-0.05, 0) is 59.5 Å². The molecule has 0 radical (unpaired) electrons. The van der Waals surface area contributed by atoms with E-state index in [4.69, 9.17) is 4.74 Å². The molecule has 1 aromatic heterocycles. The Kier molecular flexibility index (Phi) is 6.43. The van der Waals surface area contributed by atoms with E-state index in [1.807, 2.05) is 22.8 Å². The second kappa shape index (κ2) is 9.74. The number of nitrogens with zero attached hydrogens (tertiary/aromatic N) is 3. The Morgan fingerprint density at radius 1 is 0.829 bits per heavy atom. The van der Waals surface area contributed by atoms with Crippen LogP contribution >= 0.6 is 0 Å². The minimum atomic E-state index is -4.44. The summed E-state index contributed by atoms with van der Waals surface area (Å²) in [6.07, 6.45) is -8.29. The summed E-state index contributed by atoms with van der Waals surface area (Å²) in [6, 6.07) is 15.0. The number of benzene rings is 3. The van der Waals surface area contributed by atoms with Crippen molar-refractivity contribution in [3.05, 3.63) is 100 Å². The number of urea groups is 1. The Hall–Kier alpha value is -4.15. The number of alkyl halides is 6. The van der Waals surface area contributed by atoms with E-state index in [0.29, 0.717) is 36.4 Å². The number of rotatable bonds is 5. The fraction of sp³-hybridized carbons (Fsp3) is 0.300. The molecule has 3 heterocycles. The minimum Gasteiger partial charge on any atom is -0.497 e. The molecule has 2 aliphatic heterocycles. The molecule has 214 valence electrons. The van der Waals surface area contributed by atoms with Crippen molar-refractivity contribution in [2.24, 2.45) is 0 Å². The average Bonchev–Trinajstić information content (AvgIpc) is 3.42. The van der Waals surface area contributed by atoms with Crippen LogP contribution in [0.25, 0.3) is 10.9 Å². The first kappa shape index (κ1) is 27.0. The van der Waals surface area contributed by atoms with Crippen molar-refractivity contribution in [1.29, 1.82) is 0 Å². The molecule has 1 saturated heterocycles. The molecule has 2 amide bonds. The zero-order valence-electron chi connectivity index (χ0n) is 21.9. The monoisotopic (exact) mass is 573 g/mol. The average molecular weight is 574 g/mol. The van der Waals surface area contributed by atoms with E-state index in [1.54, 1.807) is 16.9 Å². The highest BCUT2D eigenvalue weighted by Crippen LogP contribution is 2.42. The maximum Gasteiger partial charge on any atom is 0.416 e. The zero-order valence-corrected chi connectivity index (χ0v) is 21.9. The standard InChI is InChI=1S/C30H25F6N3O2/c1-41-22-10-11-23-24-12-13-38-26(17-37(28(38)40)15-18-2-6-20(7-3-18)29(31,32)33)27(24)39(25(23)14-22)16-19-4-8-21(9-5-19)30(34,35)36/h2-11,14,26H,12-13,15-17H2,1H3. The summed E-state index contributed by atoms with van der Waals surface area (Å²) in [7, 11) is 1.56. The lowest BCUT2D eigenvalue weighted by Crippen LogP contribution is -2.37. The Balaban J connectivity index is 1.36. The molecule has 0 saturated carbocycles. The third kappa shape index (κ3) is 4.87. The van der Waals surface area contributed by atoms with E-state index in [9.17, 15) is 31.1 Å². The highest BCUT2D eigenvalue weighted by molar-refractivity contribution is 5.89. The summed E-state index contributed by atoms with van der Waals surface area (Å²) < 4.78 is 85.9. The number of fused-ring (bicyclic) bond motifs is 5. The topological polar surface area (TPSA) is 37.7 Å². The van der Waals surface area contributed by atoms with Crippen molar-refractivity contribution in [3.63, 3.8) is 0 Å². The largest absolute Gasteiger partial charge is 0.497 e. The fourth-order valence-electron chi connectivity index (χ4n) is 5.91. The number of hydrogen-bond donors (Lipinski definition) is 0. The van der Waals surface area contributed by atoms with Crippen LogP contribution in [-0.2, 0) is 31.9 Å². The predicted molar refractivity (Wildman–Crippen MR) is 139 cm³/mol. The molecule has 0 spiro atoms. The molecule has 3 aromatic carbocycles. The first-order valence-electron chi connectivity index (χ1n) is 13.0. The lowest BCUT2D eigenvalue weighted by molar-refractivity contribution is -0.138. The summed E-state index contributed by atoms with van der Waals surface area (Å²) in [6.45, 7) is 1.25. The number of carbonyl (C=O) groups excluding carboxylic acids is 1. The van der Waals surface area contributed by atoms with Crippen LogP contribution in [0.4, 0.5) is 31.1 Å². The summed E-state index contributed by atoms with van der Waals surface area (Å²) in [5.41, 5.74) is 2.60. The molecule has 2 aliphatic rings. The highest BCUT2D eigenvalue weighted by atomic mass is 19.4. The molecule has 6 rings (SSSR count). The van der Waals surface area contributed by atoms with Gasteiger partial charge in [0.2, 0.25) is 0 Å². The smallest absolute Gasteiger partial charge is 0.416 e. The van der Waals surface area contributed by atoms with Gasteiger partial charge in [-0.15, -0.1) is 0 Å². The molecule has 0 aliphatic carbocycles. The number of methoxy groups -OCH3 is 1. The first-order chi connectivity index (χ1) is 19.4. The zero-order chi connectivity index (χ0) is 29.1. The van der Waals surface area contributed by atoms with Crippen LogP contribution < -0.4 is 4.74 Å². The van der Waals surface area contributed by atoms with Crippen LogP contribution in [0.1, 0.15) is 39.6 Å². The second-order valence-electron chi connectivity index (χ2n) is 10.3. The summed E-state index contributed by atoms with van der Waals surface area (Å²) in [5, 5.41) is 0.987. The van der Waals surface area contributed by atoms with E-state index in [0.717, 1.165) is 46.4 Å². The Labute approximate surface area is 231 Å². The summed E-state index contributed by atoms with van der Waals surface area (Å²) in [5.74, 6) is 0.629. The highest BCUT2D eigenvalue weighted by Gasteiger charge is 2.44. The lowest BCUT2D eigenvalue weighted by atomic mass is 9.98.